The third kappa shape index (κ3) is 2.77. The van der Waals surface area contributed by atoms with Gasteiger partial charge in [0.05, 0.1) is 6.10 Å². The molecule has 0 saturated carbocycles. The predicted molar refractivity (Wildman–Crippen MR) is 75.8 cm³/mol. The minimum atomic E-state index is -3.82. The molecule has 20 heavy (non-hydrogen) atoms. The molecule has 0 saturated heterocycles. The number of phenols is 1. The summed E-state index contributed by atoms with van der Waals surface area (Å²) in [6, 6.07) is 12.3. The van der Waals surface area contributed by atoms with Crippen LogP contribution in [0.4, 0.5) is 0 Å². The lowest BCUT2D eigenvalue weighted by Crippen LogP contribution is -2.10. The van der Waals surface area contributed by atoms with Crippen LogP contribution >= 0.6 is 0 Å². The predicted octanol–water partition coefficient (Wildman–Crippen LogP) is 3.01. The van der Waals surface area contributed by atoms with Crippen LogP contribution in [0.15, 0.2) is 58.3 Å². The second-order valence-electron chi connectivity index (χ2n) is 4.58. The number of hydrogen-bond acceptors (Lipinski definition) is 4. The van der Waals surface area contributed by atoms with Crippen LogP contribution in [0.5, 0.6) is 11.5 Å². The third-order valence-corrected chi connectivity index (χ3v) is 4.50. The zero-order valence-electron chi connectivity index (χ0n) is 11.3. The summed E-state index contributed by atoms with van der Waals surface area (Å²) in [5, 5.41) is 9.76. The van der Waals surface area contributed by atoms with E-state index >= 15 is 0 Å². The Morgan fingerprint density at radius 2 is 1.50 bits per heavy atom. The molecule has 4 nitrogen and oxygen atoms in total. The van der Waals surface area contributed by atoms with Crippen LogP contribution in [0.1, 0.15) is 13.8 Å². The summed E-state index contributed by atoms with van der Waals surface area (Å²) in [6.45, 7) is 3.65. The zero-order valence-corrected chi connectivity index (χ0v) is 12.1. The lowest BCUT2D eigenvalue weighted by atomic mass is 10.3. The molecule has 0 atom stereocenters. The number of rotatable bonds is 4. The van der Waals surface area contributed by atoms with E-state index in [4.69, 9.17) is 4.74 Å². The lowest BCUT2D eigenvalue weighted by molar-refractivity contribution is 0.236. The third-order valence-electron chi connectivity index (χ3n) is 2.66. The van der Waals surface area contributed by atoms with Crippen LogP contribution < -0.4 is 4.74 Å². The van der Waals surface area contributed by atoms with E-state index in [9.17, 15) is 13.5 Å². The monoisotopic (exact) mass is 292 g/mol. The number of para-hydroxylation sites is 2. The average molecular weight is 292 g/mol. The highest BCUT2D eigenvalue weighted by atomic mass is 32.2. The minimum absolute atomic E-state index is 0.0511. The van der Waals surface area contributed by atoms with Crippen molar-refractivity contribution in [2.24, 2.45) is 0 Å². The second kappa shape index (κ2) is 5.54. The number of benzene rings is 2. The van der Waals surface area contributed by atoms with Gasteiger partial charge in [-0.25, -0.2) is 8.42 Å². The second-order valence-corrected chi connectivity index (χ2v) is 6.47. The molecule has 5 heteroatoms. The molecule has 0 aliphatic heterocycles. The number of aromatic hydroxyl groups is 1. The van der Waals surface area contributed by atoms with Gasteiger partial charge < -0.3 is 9.84 Å². The minimum Gasteiger partial charge on any atom is -0.507 e. The van der Waals surface area contributed by atoms with E-state index in [0.29, 0.717) is 0 Å². The number of hydrogen-bond donors (Lipinski definition) is 1. The standard InChI is InChI=1S/C15H16O4S/c1-11(2)19-13-8-4-6-10-15(13)20(17,18)14-9-5-3-7-12(14)16/h3-11,16H,1-2H3. The summed E-state index contributed by atoms with van der Waals surface area (Å²) in [4.78, 5) is -0.0741. The average Bonchev–Trinajstić information content (AvgIpc) is 2.38. The molecule has 1 N–H and O–H groups in total. The highest BCUT2D eigenvalue weighted by Gasteiger charge is 2.25. The molecule has 2 rings (SSSR count). The molecule has 0 aliphatic carbocycles. The van der Waals surface area contributed by atoms with E-state index in [-0.39, 0.29) is 27.4 Å². The van der Waals surface area contributed by atoms with Gasteiger partial charge in [0.1, 0.15) is 21.3 Å². The van der Waals surface area contributed by atoms with E-state index in [1.807, 2.05) is 13.8 Å². The SMILES string of the molecule is CC(C)Oc1ccccc1S(=O)(=O)c1ccccc1O. The molecule has 0 heterocycles. The quantitative estimate of drug-likeness (QED) is 0.941. The van der Waals surface area contributed by atoms with Crippen LogP contribution in [0, 0.1) is 0 Å². The molecule has 0 fully saturated rings. The largest absolute Gasteiger partial charge is 0.507 e. The topological polar surface area (TPSA) is 63.6 Å². The van der Waals surface area contributed by atoms with Crippen molar-refractivity contribution in [1.29, 1.82) is 0 Å². The van der Waals surface area contributed by atoms with Gasteiger partial charge in [0.25, 0.3) is 0 Å². The molecule has 0 bridgehead atoms. The fourth-order valence-electron chi connectivity index (χ4n) is 1.83. The summed E-state index contributed by atoms with van der Waals surface area (Å²) in [6.07, 6.45) is -0.143. The number of sulfone groups is 1. The Hall–Kier alpha value is -2.01. The maximum Gasteiger partial charge on any atom is 0.213 e. The Balaban J connectivity index is 2.59. The van der Waals surface area contributed by atoms with Crippen molar-refractivity contribution in [3.05, 3.63) is 48.5 Å². The Bertz CT molecular complexity index is 705. The molecule has 0 aliphatic rings. The van der Waals surface area contributed by atoms with Gasteiger partial charge in [0, 0.05) is 0 Å². The van der Waals surface area contributed by atoms with E-state index in [2.05, 4.69) is 0 Å². The van der Waals surface area contributed by atoms with Gasteiger partial charge in [-0.15, -0.1) is 0 Å². The number of phenolic OH excluding ortho intramolecular Hbond substituents is 1. The van der Waals surface area contributed by atoms with Crippen LogP contribution in [0.25, 0.3) is 0 Å². The van der Waals surface area contributed by atoms with E-state index in [0.717, 1.165) is 0 Å². The van der Waals surface area contributed by atoms with Gasteiger partial charge >= 0.3 is 0 Å². The lowest BCUT2D eigenvalue weighted by Gasteiger charge is -2.14. The first-order valence-corrected chi connectivity index (χ1v) is 7.70. The van der Waals surface area contributed by atoms with Gasteiger partial charge in [0.15, 0.2) is 0 Å². The van der Waals surface area contributed by atoms with Gasteiger partial charge in [-0.2, -0.15) is 0 Å². The Labute approximate surface area is 118 Å². The Kier molecular flexibility index (Phi) is 3.99. The normalized spacial score (nSPS) is 11.6. The summed E-state index contributed by atoms with van der Waals surface area (Å²) in [5.74, 6) is 0.0117. The first kappa shape index (κ1) is 14.4. The highest BCUT2D eigenvalue weighted by molar-refractivity contribution is 7.91. The maximum absolute atomic E-state index is 12.6. The van der Waals surface area contributed by atoms with Crippen molar-refractivity contribution in [3.8, 4) is 11.5 Å². The first-order valence-electron chi connectivity index (χ1n) is 6.21. The molecule has 0 aromatic heterocycles. The van der Waals surface area contributed by atoms with Crippen LogP contribution in [-0.2, 0) is 9.84 Å². The summed E-state index contributed by atoms with van der Waals surface area (Å²) in [5.41, 5.74) is 0. The zero-order chi connectivity index (χ0) is 14.8. The van der Waals surface area contributed by atoms with Crippen molar-refractivity contribution >= 4 is 9.84 Å². The van der Waals surface area contributed by atoms with Gasteiger partial charge in [-0.05, 0) is 38.1 Å². The van der Waals surface area contributed by atoms with Crippen molar-refractivity contribution in [3.63, 3.8) is 0 Å². The number of ether oxygens (including phenoxy) is 1. The first-order chi connectivity index (χ1) is 9.43. The van der Waals surface area contributed by atoms with Gasteiger partial charge in [0.2, 0.25) is 9.84 Å². The molecular formula is C15H16O4S. The van der Waals surface area contributed by atoms with Gasteiger partial charge in [-0.3, -0.25) is 0 Å². The van der Waals surface area contributed by atoms with E-state index in [1.54, 1.807) is 30.3 Å². The summed E-state index contributed by atoms with van der Waals surface area (Å²) >= 11 is 0. The van der Waals surface area contributed by atoms with Gasteiger partial charge in [-0.1, -0.05) is 24.3 Å². The molecule has 0 amide bonds. The fraction of sp³-hybridized carbons (Fsp3) is 0.200. The molecule has 0 radical (unpaired) electrons. The maximum atomic E-state index is 12.6. The highest BCUT2D eigenvalue weighted by Crippen LogP contribution is 2.33. The van der Waals surface area contributed by atoms with E-state index in [1.165, 1.54) is 18.2 Å². The Morgan fingerprint density at radius 3 is 2.10 bits per heavy atom. The Morgan fingerprint density at radius 1 is 0.950 bits per heavy atom. The van der Waals surface area contributed by atoms with Crippen LogP contribution in [0.2, 0.25) is 0 Å². The summed E-state index contributed by atoms with van der Waals surface area (Å²) in [7, 11) is -3.82. The summed E-state index contributed by atoms with van der Waals surface area (Å²) < 4.78 is 30.8. The fourth-order valence-corrected chi connectivity index (χ4v) is 3.30. The molecule has 0 spiro atoms. The van der Waals surface area contributed by atoms with Crippen LogP contribution in [0.3, 0.4) is 0 Å². The molecule has 2 aromatic rings. The molecule has 106 valence electrons. The van der Waals surface area contributed by atoms with Crippen molar-refractivity contribution < 1.29 is 18.3 Å². The van der Waals surface area contributed by atoms with E-state index < -0.39 is 9.84 Å². The smallest absolute Gasteiger partial charge is 0.213 e. The molecular weight excluding hydrogens is 276 g/mol. The molecule has 0 unspecified atom stereocenters. The van der Waals surface area contributed by atoms with Crippen molar-refractivity contribution in [2.45, 2.75) is 29.7 Å². The van der Waals surface area contributed by atoms with Crippen molar-refractivity contribution in [1.82, 2.24) is 0 Å². The van der Waals surface area contributed by atoms with Crippen LogP contribution in [-0.4, -0.2) is 19.6 Å². The van der Waals surface area contributed by atoms with Crippen molar-refractivity contribution in [2.75, 3.05) is 0 Å². The molecule has 2 aromatic carbocycles.